The number of esters is 2. The van der Waals surface area contributed by atoms with Gasteiger partial charge in [-0.3, -0.25) is 9.59 Å². The second-order valence-electron chi connectivity index (χ2n) is 23.7. The van der Waals surface area contributed by atoms with Gasteiger partial charge in [0.25, 0.3) is 0 Å². The number of rotatable bonds is 62. The summed E-state index contributed by atoms with van der Waals surface area (Å²) >= 11 is 0. The van der Waals surface area contributed by atoms with Crippen molar-refractivity contribution in [1.29, 1.82) is 0 Å². The Hall–Kier alpha value is -4.31. The van der Waals surface area contributed by atoms with Crippen LogP contribution in [0.1, 0.15) is 277 Å². The van der Waals surface area contributed by atoms with Crippen LogP contribution in [0.3, 0.4) is 0 Å². The minimum atomic E-state index is -1.63. The van der Waals surface area contributed by atoms with Crippen LogP contribution in [0.2, 0.25) is 0 Å². The van der Waals surface area contributed by atoms with Gasteiger partial charge in [0.2, 0.25) is 0 Å². The number of nitrogens with zero attached hydrogens (tertiary/aromatic N) is 1. The van der Waals surface area contributed by atoms with Crippen molar-refractivity contribution in [3.8, 4) is 0 Å². The monoisotopic (exact) mass is 1170 g/mol. The molecule has 2 unspecified atom stereocenters. The van der Waals surface area contributed by atoms with Crippen LogP contribution in [0, 0.1) is 0 Å². The molecule has 2 atom stereocenters. The summed E-state index contributed by atoms with van der Waals surface area (Å²) in [6.45, 7) is 4.64. The lowest BCUT2D eigenvalue weighted by atomic mass is 10.0. The third-order valence-corrected chi connectivity index (χ3v) is 14.5. The van der Waals surface area contributed by atoms with E-state index >= 15 is 0 Å². The van der Waals surface area contributed by atoms with Crippen molar-refractivity contribution in [2.75, 3.05) is 47.5 Å². The van der Waals surface area contributed by atoms with Crippen molar-refractivity contribution in [2.24, 2.45) is 0 Å². The number of carboxylic acid groups (broad SMARTS) is 1. The van der Waals surface area contributed by atoms with Gasteiger partial charge < -0.3 is 33.3 Å². The molecular formula is C75H127NO8. The Balaban J connectivity index is 4.17. The highest BCUT2D eigenvalue weighted by Gasteiger charge is 2.22. The van der Waals surface area contributed by atoms with Gasteiger partial charge in [-0.1, -0.05) is 296 Å². The van der Waals surface area contributed by atoms with Crippen molar-refractivity contribution in [3.63, 3.8) is 0 Å². The van der Waals surface area contributed by atoms with Gasteiger partial charge in [-0.05, 0) is 89.9 Å². The van der Waals surface area contributed by atoms with E-state index in [4.69, 9.17) is 18.9 Å². The van der Waals surface area contributed by atoms with Crippen LogP contribution < -0.4 is 5.11 Å². The van der Waals surface area contributed by atoms with Crippen molar-refractivity contribution < 1.29 is 42.9 Å². The average molecular weight is 1170 g/mol. The summed E-state index contributed by atoms with van der Waals surface area (Å²) in [4.78, 5) is 37.4. The van der Waals surface area contributed by atoms with Crippen LogP contribution in [-0.4, -0.2) is 82.3 Å². The first kappa shape index (κ1) is 79.7. The molecule has 9 nitrogen and oxygen atoms in total. The SMILES string of the molecule is CC/C=C\C/C=C\C/C=C\C/C=C\C/C=C\C/C=C\C/C=C\C/C=C\C/C=C\C/C=C\CCCCCCCCCCC(=O)OC(COC(=O)CCCCCCCCCCCCCCCCCCCCCC)COC(OCC[N+](C)(C)C)C(=O)[O-]. The summed E-state index contributed by atoms with van der Waals surface area (Å²) < 4.78 is 22.8. The molecule has 0 N–H and O–H groups in total. The molecule has 9 heteroatoms. The number of aliphatic carboxylic acids is 1. The Morgan fingerprint density at radius 3 is 1.01 bits per heavy atom. The summed E-state index contributed by atoms with van der Waals surface area (Å²) in [6, 6.07) is 0. The minimum Gasteiger partial charge on any atom is -0.545 e. The van der Waals surface area contributed by atoms with Gasteiger partial charge in [0.05, 0.1) is 40.3 Å². The van der Waals surface area contributed by atoms with Crippen molar-refractivity contribution in [2.45, 2.75) is 289 Å². The number of unbranched alkanes of at least 4 members (excludes halogenated alkanes) is 27. The summed E-state index contributed by atoms with van der Waals surface area (Å²) in [5, 5.41) is 11.8. The highest BCUT2D eigenvalue weighted by atomic mass is 16.7. The first-order valence-electron chi connectivity index (χ1n) is 34.2. The largest absolute Gasteiger partial charge is 0.545 e. The maximum absolute atomic E-state index is 12.9. The van der Waals surface area contributed by atoms with E-state index in [9.17, 15) is 19.5 Å². The van der Waals surface area contributed by atoms with Crippen molar-refractivity contribution >= 4 is 17.9 Å². The number of ether oxygens (including phenoxy) is 4. The van der Waals surface area contributed by atoms with Gasteiger partial charge in [0, 0.05) is 12.8 Å². The van der Waals surface area contributed by atoms with Crippen LogP contribution in [0.15, 0.2) is 122 Å². The quantitative estimate of drug-likeness (QED) is 0.0195. The number of carboxylic acids is 1. The van der Waals surface area contributed by atoms with E-state index in [0.29, 0.717) is 17.4 Å². The van der Waals surface area contributed by atoms with Gasteiger partial charge in [0.15, 0.2) is 12.4 Å². The molecule has 0 saturated heterocycles. The summed E-state index contributed by atoms with van der Waals surface area (Å²) in [7, 11) is 5.92. The summed E-state index contributed by atoms with van der Waals surface area (Å²) in [6.07, 6.45) is 88.4. The maximum Gasteiger partial charge on any atom is 0.306 e. The number of likely N-dealkylation sites (N-methyl/N-ethyl adjacent to an activating group) is 1. The minimum absolute atomic E-state index is 0.142. The predicted molar refractivity (Wildman–Crippen MR) is 356 cm³/mol. The first-order chi connectivity index (χ1) is 41.1. The van der Waals surface area contributed by atoms with E-state index in [-0.39, 0.29) is 38.6 Å². The molecule has 0 aliphatic rings. The van der Waals surface area contributed by atoms with E-state index in [2.05, 4.69) is 135 Å². The molecule has 0 aliphatic heterocycles. The number of hydrogen-bond acceptors (Lipinski definition) is 8. The first-order valence-corrected chi connectivity index (χ1v) is 34.2. The maximum atomic E-state index is 12.9. The molecule has 480 valence electrons. The molecule has 0 aromatic rings. The van der Waals surface area contributed by atoms with Gasteiger partial charge in [-0.15, -0.1) is 0 Å². The third kappa shape index (κ3) is 65.2. The smallest absolute Gasteiger partial charge is 0.306 e. The number of carbonyl (C=O) groups excluding carboxylic acids is 3. The number of quaternary nitrogens is 1. The Labute approximate surface area is 517 Å². The average Bonchev–Trinajstić information content (AvgIpc) is 3.52. The van der Waals surface area contributed by atoms with E-state index in [0.717, 1.165) is 109 Å². The zero-order valence-corrected chi connectivity index (χ0v) is 54.7. The lowest BCUT2D eigenvalue weighted by Crippen LogP contribution is -2.44. The molecular weight excluding hydrogens is 1040 g/mol. The summed E-state index contributed by atoms with van der Waals surface area (Å²) in [5.74, 6) is -2.29. The zero-order chi connectivity index (χ0) is 61.2. The van der Waals surface area contributed by atoms with E-state index in [1.807, 2.05) is 21.1 Å². The van der Waals surface area contributed by atoms with E-state index in [1.165, 1.54) is 135 Å². The van der Waals surface area contributed by atoms with Crippen LogP contribution in [0.5, 0.6) is 0 Å². The number of hydrogen-bond donors (Lipinski definition) is 0. The lowest BCUT2D eigenvalue weighted by molar-refractivity contribution is -0.870. The van der Waals surface area contributed by atoms with Crippen LogP contribution in [0.4, 0.5) is 0 Å². The second-order valence-corrected chi connectivity index (χ2v) is 23.7. The lowest BCUT2D eigenvalue weighted by Gasteiger charge is -2.26. The molecule has 0 saturated carbocycles. The van der Waals surface area contributed by atoms with E-state index in [1.54, 1.807) is 0 Å². The third-order valence-electron chi connectivity index (χ3n) is 14.5. The Bertz CT molecular complexity index is 1790. The molecule has 0 aromatic heterocycles. The fourth-order valence-corrected chi connectivity index (χ4v) is 9.27. The van der Waals surface area contributed by atoms with Gasteiger partial charge >= 0.3 is 11.9 Å². The Morgan fingerprint density at radius 2 is 0.679 bits per heavy atom. The topological polar surface area (TPSA) is 111 Å². The molecule has 0 spiro atoms. The molecule has 0 heterocycles. The molecule has 0 radical (unpaired) electrons. The molecule has 0 fully saturated rings. The van der Waals surface area contributed by atoms with Crippen LogP contribution >= 0.6 is 0 Å². The predicted octanol–water partition coefficient (Wildman–Crippen LogP) is 19.9. The molecule has 84 heavy (non-hydrogen) atoms. The molecule has 0 amide bonds. The van der Waals surface area contributed by atoms with Gasteiger partial charge in [-0.25, -0.2) is 0 Å². The second kappa shape index (κ2) is 64.7. The zero-order valence-electron chi connectivity index (χ0n) is 54.7. The van der Waals surface area contributed by atoms with E-state index < -0.39 is 24.3 Å². The van der Waals surface area contributed by atoms with Crippen LogP contribution in [0.25, 0.3) is 0 Å². The standard InChI is InChI=1S/C75H127NO8/c1-6-8-10-12-14-16-18-20-22-24-26-28-29-30-31-32-33-34-35-36-37-38-39-40-41-42-43-44-45-46-48-50-52-54-56-58-60-62-64-66-73(78)84-71(70-83-75(74(79)80)81-68-67-76(3,4)5)69-82-72(77)65-63-61-59-57-55-53-51-49-47-27-25-23-21-19-17-15-13-11-9-7-2/h8,10,14,16,20,22,26,28,30-31,33-34,36-37,39-40,42-43,45-46,71,75H,6-7,9,11-13,15,17-19,21,23-25,27,29,32,35,38,41,44,47-70H2,1-5H3/b10-8-,16-14-,22-20-,28-26-,31-30-,34-33-,37-36-,40-39-,43-42-,46-45-. The molecule has 0 aliphatic carbocycles. The Morgan fingerprint density at radius 1 is 0.369 bits per heavy atom. The molecule has 0 bridgehead atoms. The summed E-state index contributed by atoms with van der Waals surface area (Å²) in [5.41, 5.74) is 0. The Kier molecular flexibility index (Phi) is 61.4. The normalized spacial score (nSPS) is 13.5. The van der Waals surface area contributed by atoms with Gasteiger partial charge in [0.1, 0.15) is 13.2 Å². The van der Waals surface area contributed by atoms with Crippen molar-refractivity contribution in [1.82, 2.24) is 0 Å². The molecule has 0 aromatic carbocycles. The van der Waals surface area contributed by atoms with Crippen molar-refractivity contribution in [3.05, 3.63) is 122 Å². The highest BCUT2D eigenvalue weighted by molar-refractivity contribution is 5.70. The number of carbonyl (C=O) groups is 3. The fourth-order valence-electron chi connectivity index (χ4n) is 9.27. The fraction of sp³-hybridized carbons (Fsp3) is 0.693. The highest BCUT2D eigenvalue weighted by Crippen LogP contribution is 2.17. The van der Waals surface area contributed by atoms with Gasteiger partial charge in [-0.2, -0.15) is 0 Å². The molecule has 0 rings (SSSR count). The number of allylic oxidation sites excluding steroid dienone is 20. The van der Waals surface area contributed by atoms with Crippen LogP contribution in [-0.2, 0) is 33.3 Å².